The van der Waals surface area contributed by atoms with Crippen LogP contribution in [0.25, 0.3) is 0 Å². The summed E-state index contributed by atoms with van der Waals surface area (Å²) in [6, 6.07) is 11.9. The molecule has 3 fully saturated rings. The van der Waals surface area contributed by atoms with E-state index in [-0.39, 0.29) is 42.7 Å². The third-order valence-electron chi connectivity index (χ3n) is 9.32. The van der Waals surface area contributed by atoms with Gasteiger partial charge in [-0.25, -0.2) is 0 Å². The smallest absolute Gasteiger partial charge is 0.251 e. The summed E-state index contributed by atoms with van der Waals surface area (Å²) < 4.78 is 4.81. The monoisotopic (exact) mass is 617 g/mol. The Hall–Kier alpha value is -3.56. The van der Waals surface area contributed by atoms with Crippen LogP contribution >= 0.6 is 11.8 Å². The molecular weight excluding hydrogens is 574 g/mol. The Balaban J connectivity index is 1.56. The number of amides is 3. The minimum Gasteiger partial charge on any atom is -0.494 e. The van der Waals surface area contributed by atoms with E-state index in [1.165, 1.54) is 0 Å². The molecule has 0 aromatic heterocycles. The Labute approximate surface area is 264 Å². The van der Waals surface area contributed by atoms with Gasteiger partial charge in [0.25, 0.3) is 5.91 Å². The summed E-state index contributed by atoms with van der Waals surface area (Å²) in [5.41, 5.74) is 3.41. The number of carbonyl (C=O) groups excluding carboxylic acids is 3. The van der Waals surface area contributed by atoms with Gasteiger partial charge in [0.05, 0.1) is 35.8 Å². The highest BCUT2D eigenvalue weighted by Gasteiger charge is 2.74. The van der Waals surface area contributed by atoms with Crippen molar-refractivity contribution in [2.45, 2.75) is 62.6 Å². The van der Waals surface area contributed by atoms with E-state index in [1.54, 1.807) is 45.5 Å². The Morgan fingerprint density at radius 2 is 1.73 bits per heavy atom. The van der Waals surface area contributed by atoms with E-state index in [2.05, 4.69) is 13.2 Å². The van der Waals surface area contributed by atoms with Gasteiger partial charge in [0.15, 0.2) is 0 Å². The first-order valence-electron chi connectivity index (χ1n) is 15.4. The first-order chi connectivity index (χ1) is 21.1. The summed E-state index contributed by atoms with van der Waals surface area (Å²) in [4.78, 5) is 48.8. The van der Waals surface area contributed by atoms with Crippen LogP contribution in [0, 0.1) is 25.7 Å². The molecule has 3 saturated heterocycles. The fourth-order valence-corrected chi connectivity index (χ4v) is 9.73. The van der Waals surface area contributed by atoms with Gasteiger partial charge in [0.2, 0.25) is 11.8 Å². The molecule has 3 aliphatic heterocycles. The molecule has 1 spiro atoms. The predicted molar refractivity (Wildman–Crippen MR) is 176 cm³/mol. The summed E-state index contributed by atoms with van der Waals surface area (Å²) in [5.74, 6) is -1.15. The number of ether oxygens (including phenoxy) is 1. The normalized spacial score (nSPS) is 25.8. The molecule has 0 saturated carbocycles. The number of likely N-dealkylation sites (tertiary alicyclic amines) is 1. The molecule has 8 nitrogen and oxygen atoms in total. The van der Waals surface area contributed by atoms with Crippen LogP contribution < -0.4 is 14.5 Å². The van der Waals surface area contributed by atoms with Gasteiger partial charge < -0.3 is 24.5 Å². The second-order valence-electron chi connectivity index (χ2n) is 12.0. The lowest BCUT2D eigenvalue weighted by Crippen LogP contribution is -2.57. The molecule has 2 unspecified atom stereocenters. The van der Waals surface area contributed by atoms with E-state index in [9.17, 15) is 19.5 Å². The fraction of sp³-hybridized carbons (Fsp3) is 0.457. The van der Waals surface area contributed by atoms with Crippen molar-refractivity contribution >= 4 is 40.9 Å². The van der Waals surface area contributed by atoms with Crippen LogP contribution in [-0.4, -0.2) is 76.1 Å². The second kappa shape index (κ2) is 12.8. The van der Waals surface area contributed by atoms with Crippen molar-refractivity contribution < 1.29 is 24.2 Å². The Kier molecular flexibility index (Phi) is 9.28. The molecule has 1 N–H and O–H groups in total. The zero-order valence-electron chi connectivity index (χ0n) is 26.1. The SMILES string of the molecule is C=CCN(C(=O)[C@@H]1[C@H]2C(=O)N([C@H](C)CO)C(C(=O)N(CC=C)c3c(C)cccc3C)C23CC[C@H]1S3)c1ccc(OCC)cc1. The van der Waals surface area contributed by atoms with Gasteiger partial charge in [-0.15, -0.1) is 24.9 Å². The number of thioether (sulfide) groups is 1. The fourth-order valence-electron chi connectivity index (χ4n) is 7.53. The number of nitrogens with zero attached hydrogens (tertiary/aromatic N) is 3. The average Bonchev–Trinajstić information content (AvgIpc) is 3.66. The van der Waals surface area contributed by atoms with Crippen LogP contribution in [0.3, 0.4) is 0 Å². The zero-order valence-corrected chi connectivity index (χ0v) is 26.9. The molecule has 0 aliphatic carbocycles. The first-order valence-corrected chi connectivity index (χ1v) is 16.3. The third-order valence-corrected chi connectivity index (χ3v) is 11.3. The van der Waals surface area contributed by atoms with E-state index >= 15 is 0 Å². The Morgan fingerprint density at radius 1 is 1.09 bits per heavy atom. The van der Waals surface area contributed by atoms with Crippen LogP contribution in [0.4, 0.5) is 11.4 Å². The molecule has 2 bridgehead atoms. The molecule has 3 amide bonds. The lowest BCUT2D eigenvalue weighted by Gasteiger charge is -2.39. The van der Waals surface area contributed by atoms with Crippen molar-refractivity contribution in [2.75, 3.05) is 36.1 Å². The maximum Gasteiger partial charge on any atom is 0.251 e. The summed E-state index contributed by atoms with van der Waals surface area (Å²) in [6.07, 6.45) is 4.76. The molecule has 5 rings (SSSR count). The number of carbonyl (C=O) groups is 3. The van der Waals surface area contributed by atoms with Crippen LogP contribution in [0.5, 0.6) is 5.75 Å². The Bertz CT molecular complexity index is 1420. The minimum atomic E-state index is -0.827. The highest BCUT2D eigenvalue weighted by Crippen LogP contribution is 2.67. The summed E-state index contributed by atoms with van der Waals surface area (Å²) >= 11 is 1.63. The number of fused-ring (bicyclic) bond motifs is 1. The highest BCUT2D eigenvalue weighted by atomic mass is 32.2. The van der Waals surface area contributed by atoms with Gasteiger partial charge in [-0.2, -0.15) is 0 Å². The van der Waals surface area contributed by atoms with Crippen molar-refractivity contribution in [2.24, 2.45) is 11.8 Å². The van der Waals surface area contributed by atoms with Crippen LogP contribution in [-0.2, 0) is 14.4 Å². The molecule has 9 heteroatoms. The number of aliphatic hydroxyl groups excluding tert-OH is 1. The largest absolute Gasteiger partial charge is 0.494 e. The molecular formula is C35H43N3O5S. The van der Waals surface area contributed by atoms with Gasteiger partial charge in [-0.1, -0.05) is 30.4 Å². The number of aliphatic hydroxyl groups is 1. The van der Waals surface area contributed by atoms with Gasteiger partial charge in [0, 0.05) is 29.7 Å². The predicted octanol–water partition coefficient (Wildman–Crippen LogP) is 4.91. The summed E-state index contributed by atoms with van der Waals surface area (Å²) in [7, 11) is 0. The van der Waals surface area contributed by atoms with Crippen molar-refractivity contribution in [3.63, 3.8) is 0 Å². The first kappa shape index (κ1) is 31.9. The van der Waals surface area contributed by atoms with E-state index in [1.807, 2.05) is 63.2 Å². The topological polar surface area (TPSA) is 90.4 Å². The number of aryl methyl sites for hydroxylation is 2. The average molecular weight is 618 g/mol. The van der Waals surface area contributed by atoms with E-state index < -0.39 is 28.7 Å². The van der Waals surface area contributed by atoms with E-state index in [0.29, 0.717) is 24.5 Å². The van der Waals surface area contributed by atoms with E-state index in [0.717, 1.165) is 23.2 Å². The van der Waals surface area contributed by atoms with Crippen molar-refractivity contribution in [3.05, 3.63) is 78.9 Å². The van der Waals surface area contributed by atoms with Crippen molar-refractivity contribution in [3.8, 4) is 5.75 Å². The third kappa shape index (κ3) is 5.13. The van der Waals surface area contributed by atoms with Crippen molar-refractivity contribution in [1.29, 1.82) is 0 Å². The van der Waals surface area contributed by atoms with Gasteiger partial charge in [0.1, 0.15) is 11.8 Å². The molecule has 3 heterocycles. The van der Waals surface area contributed by atoms with Crippen molar-refractivity contribution in [1.82, 2.24) is 4.90 Å². The number of hydrogen-bond donors (Lipinski definition) is 1. The molecule has 44 heavy (non-hydrogen) atoms. The number of benzene rings is 2. The molecule has 6 atom stereocenters. The molecule has 0 radical (unpaired) electrons. The second-order valence-corrected chi connectivity index (χ2v) is 13.6. The summed E-state index contributed by atoms with van der Waals surface area (Å²) in [5, 5.41) is 10.2. The van der Waals surface area contributed by atoms with Gasteiger partial charge in [-0.3, -0.25) is 14.4 Å². The Morgan fingerprint density at radius 3 is 2.32 bits per heavy atom. The van der Waals surface area contributed by atoms with Crippen LogP contribution in [0.1, 0.15) is 37.8 Å². The summed E-state index contributed by atoms with van der Waals surface area (Å²) in [6.45, 7) is 16.3. The lowest BCUT2D eigenvalue weighted by molar-refractivity contribution is -0.141. The van der Waals surface area contributed by atoms with Gasteiger partial charge in [-0.05, 0) is 75.9 Å². The maximum atomic E-state index is 14.8. The van der Waals surface area contributed by atoms with E-state index in [4.69, 9.17) is 4.74 Å². The standard InChI is InChI=1S/C35H43N3O5S/c1-7-19-36(25-13-15-26(16-14-25)43-9-3)32(40)28-27-17-18-35(44-27)29(28)33(41)38(24(6)21-39)31(35)34(42)37(20-8-2)30-22(4)11-10-12-23(30)5/h7-8,10-16,24,27-29,31,39H,1-2,9,17-21H2,3-6H3/t24-,27-,28+,29+,31?,35?/m1/s1. The number of hydrogen-bond acceptors (Lipinski definition) is 6. The zero-order chi connectivity index (χ0) is 31.8. The molecule has 2 aromatic rings. The molecule has 234 valence electrons. The minimum absolute atomic E-state index is 0.0959. The van der Waals surface area contributed by atoms with Crippen LogP contribution in [0.15, 0.2) is 67.8 Å². The quantitative estimate of drug-likeness (QED) is 0.341. The highest BCUT2D eigenvalue weighted by molar-refractivity contribution is 8.02. The molecule has 3 aliphatic rings. The number of rotatable bonds is 12. The number of para-hydroxylation sites is 1. The molecule has 2 aromatic carbocycles. The van der Waals surface area contributed by atoms with Crippen LogP contribution in [0.2, 0.25) is 0 Å². The number of anilines is 2. The maximum absolute atomic E-state index is 14.8. The lowest BCUT2D eigenvalue weighted by atomic mass is 9.70. The van der Waals surface area contributed by atoms with Gasteiger partial charge >= 0.3 is 0 Å².